The summed E-state index contributed by atoms with van der Waals surface area (Å²) in [7, 11) is 3.57. The molecule has 162 valence electrons. The van der Waals surface area contributed by atoms with Gasteiger partial charge in [0.25, 0.3) is 0 Å². The van der Waals surface area contributed by atoms with Crippen molar-refractivity contribution in [1.29, 1.82) is 0 Å². The second-order valence-electron chi connectivity index (χ2n) is 7.93. The predicted octanol–water partition coefficient (Wildman–Crippen LogP) is 3.92. The third-order valence-electron chi connectivity index (χ3n) is 5.87. The van der Waals surface area contributed by atoms with Crippen molar-refractivity contribution >= 4 is 22.4 Å². The van der Waals surface area contributed by atoms with Gasteiger partial charge in [-0.3, -0.25) is 4.79 Å². The number of ketones is 1. The molecule has 6 nitrogen and oxygen atoms in total. The van der Waals surface area contributed by atoms with Crippen LogP contribution in [0, 0.1) is 5.92 Å². The van der Waals surface area contributed by atoms with E-state index in [2.05, 4.69) is 22.3 Å². The predicted molar refractivity (Wildman–Crippen MR) is 124 cm³/mol. The van der Waals surface area contributed by atoms with Crippen molar-refractivity contribution in [3.63, 3.8) is 0 Å². The van der Waals surface area contributed by atoms with Crippen LogP contribution in [0.3, 0.4) is 0 Å². The summed E-state index contributed by atoms with van der Waals surface area (Å²) in [6.45, 7) is 4.73. The van der Waals surface area contributed by atoms with E-state index >= 15 is 0 Å². The average Bonchev–Trinajstić information content (AvgIpc) is 3.29. The number of fused-ring (bicyclic) bond motifs is 1. The Balaban J connectivity index is 1.71. The Kier molecular flexibility index (Phi) is 6.37. The Labute approximate surface area is 183 Å². The van der Waals surface area contributed by atoms with Gasteiger partial charge in [0.1, 0.15) is 23.9 Å². The summed E-state index contributed by atoms with van der Waals surface area (Å²) in [5.74, 6) is 1.97. The number of ether oxygens (including phenoxy) is 2. The van der Waals surface area contributed by atoms with Gasteiger partial charge in [-0.25, -0.2) is 4.98 Å². The molecule has 0 radical (unpaired) electrons. The molecule has 1 fully saturated rings. The van der Waals surface area contributed by atoms with Crippen molar-refractivity contribution in [3.8, 4) is 22.8 Å². The van der Waals surface area contributed by atoms with Crippen molar-refractivity contribution in [2.24, 2.45) is 5.92 Å². The van der Waals surface area contributed by atoms with Crippen LogP contribution in [0.4, 0.5) is 5.69 Å². The van der Waals surface area contributed by atoms with Gasteiger partial charge < -0.3 is 19.7 Å². The van der Waals surface area contributed by atoms with E-state index < -0.39 is 0 Å². The van der Waals surface area contributed by atoms with Crippen molar-refractivity contribution in [1.82, 2.24) is 10.3 Å². The molecule has 2 aromatic carbocycles. The Bertz CT molecular complexity index is 1070. The first-order valence-electron chi connectivity index (χ1n) is 10.7. The number of aromatic nitrogens is 1. The van der Waals surface area contributed by atoms with E-state index in [4.69, 9.17) is 14.5 Å². The molecule has 2 heterocycles. The van der Waals surface area contributed by atoms with Crippen molar-refractivity contribution in [3.05, 3.63) is 48.5 Å². The van der Waals surface area contributed by atoms with Gasteiger partial charge in [0.2, 0.25) is 0 Å². The Morgan fingerprint density at radius 1 is 1.16 bits per heavy atom. The molecule has 1 N–H and O–H groups in total. The van der Waals surface area contributed by atoms with Gasteiger partial charge in [-0.05, 0) is 62.9 Å². The zero-order valence-electron chi connectivity index (χ0n) is 18.4. The maximum absolute atomic E-state index is 11.9. The summed E-state index contributed by atoms with van der Waals surface area (Å²) in [6.07, 6.45) is 0.892. The van der Waals surface area contributed by atoms with Crippen LogP contribution in [0.5, 0.6) is 11.5 Å². The highest BCUT2D eigenvalue weighted by Gasteiger charge is 2.27. The number of Topliss-reactive ketones (excluding diaryl/α,β-unsaturated/α-hetero) is 1. The number of pyridine rings is 1. The third kappa shape index (κ3) is 4.64. The first-order chi connectivity index (χ1) is 15.1. The molecule has 0 bridgehead atoms. The van der Waals surface area contributed by atoms with Crippen LogP contribution in [0.2, 0.25) is 0 Å². The minimum Gasteiger partial charge on any atom is -0.497 e. The summed E-state index contributed by atoms with van der Waals surface area (Å²) in [4.78, 5) is 19.1. The fraction of sp³-hybridized carbons (Fsp3) is 0.360. The number of hydrogen-bond donors (Lipinski definition) is 1. The minimum absolute atomic E-state index is 0.0963. The zero-order valence-corrected chi connectivity index (χ0v) is 18.4. The molecular formula is C25H29N3O3. The fourth-order valence-corrected chi connectivity index (χ4v) is 4.03. The topological polar surface area (TPSA) is 63.7 Å². The quantitative estimate of drug-likeness (QED) is 0.559. The third-order valence-corrected chi connectivity index (χ3v) is 5.87. The SMILES string of the molecule is CNCCOc1ccc(-c2cc(N3CCC(C(C)=O)C3)c3ccc(OC)cc3n2)cc1. The molecule has 0 amide bonds. The monoisotopic (exact) mass is 419 g/mol. The van der Waals surface area contributed by atoms with Crippen LogP contribution in [0.25, 0.3) is 22.2 Å². The van der Waals surface area contributed by atoms with Crippen LogP contribution in [0.1, 0.15) is 13.3 Å². The summed E-state index contributed by atoms with van der Waals surface area (Å²) >= 11 is 0. The lowest BCUT2D eigenvalue weighted by atomic mass is 10.0. The Morgan fingerprint density at radius 2 is 1.94 bits per heavy atom. The minimum atomic E-state index is 0.0963. The normalized spacial score (nSPS) is 16.0. The molecule has 3 aromatic rings. The van der Waals surface area contributed by atoms with E-state index in [0.717, 1.165) is 65.4 Å². The van der Waals surface area contributed by atoms with Crippen LogP contribution in [0.15, 0.2) is 48.5 Å². The first kappa shape index (κ1) is 21.1. The number of carbonyl (C=O) groups is 1. The maximum atomic E-state index is 11.9. The van der Waals surface area contributed by atoms with Crippen molar-refractivity contribution < 1.29 is 14.3 Å². The molecule has 1 aliphatic rings. The maximum Gasteiger partial charge on any atom is 0.134 e. The number of rotatable bonds is 8. The number of benzene rings is 2. The average molecular weight is 420 g/mol. The second kappa shape index (κ2) is 9.35. The van der Waals surface area contributed by atoms with Gasteiger partial charge in [0.05, 0.1) is 18.3 Å². The number of methoxy groups -OCH3 is 1. The van der Waals surface area contributed by atoms with E-state index in [1.807, 2.05) is 43.4 Å². The molecule has 1 atom stereocenters. The number of nitrogens with zero attached hydrogens (tertiary/aromatic N) is 2. The molecule has 1 aromatic heterocycles. The lowest BCUT2D eigenvalue weighted by Gasteiger charge is -2.22. The molecule has 1 saturated heterocycles. The first-order valence-corrected chi connectivity index (χ1v) is 10.7. The molecule has 1 aliphatic heterocycles. The van der Waals surface area contributed by atoms with E-state index in [9.17, 15) is 4.79 Å². The number of anilines is 1. The number of likely N-dealkylation sites (N-methyl/N-ethyl adjacent to an activating group) is 1. The van der Waals surface area contributed by atoms with Crippen LogP contribution >= 0.6 is 0 Å². The van der Waals surface area contributed by atoms with Crippen LogP contribution in [-0.2, 0) is 4.79 Å². The molecule has 4 rings (SSSR count). The van der Waals surface area contributed by atoms with Gasteiger partial charge >= 0.3 is 0 Å². The van der Waals surface area contributed by atoms with Crippen molar-refractivity contribution in [2.45, 2.75) is 13.3 Å². The zero-order chi connectivity index (χ0) is 21.8. The summed E-state index contributed by atoms with van der Waals surface area (Å²) in [6, 6.07) is 16.1. The molecule has 31 heavy (non-hydrogen) atoms. The van der Waals surface area contributed by atoms with Crippen LogP contribution < -0.4 is 19.7 Å². The van der Waals surface area contributed by atoms with E-state index in [1.165, 1.54) is 0 Å². The number of carbonyl (C=O) groups excluding carboxylic acids is 1. The van der Waals surface area contributed by atoms with Gasteiger partial charge in [0, 0.05) is 48.3 Å². The summed E-state index contributed by atoms with van der Waals surface area (Å²) < 4.78 is 11.2. The molecule has 6 heteroatoms. The summed E-state index contributed by atoms with van der Waals surface area (Å²) in [5, 5.41) is 4.14. The largest absolute Gasteiger partial charge is 0.497 e. The van der Waals surface area contributed by atoms with Gasteiger partial charge in [-0.15, -0.1) is 0 Å². The van der Waals surface area contributed by atoms with Gasteiger partial charge in [-0.1, -0.05) is 0 Å². The summed E-state index contributed by atoms with van der Waals surface area (Å²) in [5.41, 5.74) is 3.91. The van der Waals surface area contributed by atoms with Crippen molar-refractivity contribution in [2.75, 3.05) is 45.3 Å². The second-order valence-corrected chi connectivity index (χ2v) is 7.93. The van der Waals surface area contributed by atoms with Crippen LogP contribution in [-0.4, -0.2) is 51.2 Å². The molecular weight excluding hydrogens is 390 g/mol. The van der Waals surface area contributed by atoms with Gasteiger partial charge in [-0.2, -0.15) is 0 Å². The smallest absolute Gasteiger partial charge is 0.134 e. The van der Waals surface area contributed by atoms with Gasteiger partial charge in [0.15, 0.2) is 0 Å². The van der Waals surface area contributed by atoms with E-state index in [0.29, 0.717) is 6.61 Å². The Morgan fingerprint density at radius 3 is 2.61 bits per heavy atom. The number of hydrogen-bond acceptors (Lipinski definition) is 6. The molecule has 1 unspecified atom stereocenters. The number of nitrogens with one attached hydrogen (secondary N) is 1. The molecule has 0 aliphatic carbocycles. The van der Waals surface area contributed by atoms with E-state index in [1.54, 1.807) is 14.0 Å². The highest BCUT2D eigenvalue weighted by atomic mass is 16.5. The standard InChI is InChI=1S/C25H29N3O3/c1-17(29)19-10-12-28(16-19)25-15-23(27-24-14-21(30-3)8-9-22(24)25)18-4-6-20(7-5-18)31-13-11-26-2/h4-9,14-15,19,26H,10-13,16H2,1-3H3. The van der Waals surface area contributed by atoms with E-state index in [-0.39, 0.29) is 11.7 Å². The Hall–Kier alpha value is -3.12. The fourth-order valence-electron chi connectivity index (χ4n) is 4.03. The highest BCUT2D eigenvalue weighted by Crippen LogP contribution is 2.35. The lowest BCUT2D eigenvalue weighted by Crippen LogP contribution is -2.22. The molecule has 0 spiro atoms. The highest BCUT2D eigenvalue weighted by molar-refractivity contribution is 5.95. The lowest BCUT2D eigenvalue weighted by molar-refractivity contribution is -0.120. The molecule has 0 saturated carbocycles.